The minimum Gasteiger partial charge on any atom is -0.480 e. The topological polar surface area (TPSA) is 63.3 Å². The molecular weight excluding hydrogens is 154 g/mol. The molecule has 3 heteroatoms. The van der Waals surface area contributed by atoms with Gasteiger partial charge in [0.05, 0.1) is 0 Å². The number of hydrogen-bond donors (Lipinski definition) is 2. The highest BCUT2D eigenvalue weighted by Crippen LogP contribution is 2.11. The predicted octanol–water partition coefficient (Wildman–Crippen LogP) is 1.61. The van der Waals surface area contributed by atoms with E-state index >= 15 is 0 Å². The quantitative estimate of drug-likeness (QED) is 0.600. The second-order valence-electron chi connectivity index (χ2n) is 3.34. The zero-order valence-corrected chi connectivity index (χ0v) is 7.92. The van der Waals surface area contributed by atoms with Crippen molar-refractivity contribution in [3.05, 3.63) is 0 Å². The van der Waals surface area contributed by atoms with Gasteiger partial charge in [0.25, 0.3) is 0 Å². The van der Waals surface area contributed by atoms with Crippen LogP contribution in [-0.2, 0) is 4.79 Å². The summed E-state index contributed by atoms with van der Waals surface area (Å²) in [6, 6.07) is -0.693. The molecule has 0 aromatic heterocycles. The number of carbonyl (C=O) groups is 1. The lowest BCUT2D eigenvalue weighted by Gasteiger charge is -2.14. The maximum Gasteiger partial charge on any atom is 0.320 e. The average Bonchev–Trinajstić information content (AvgIpc) is 2.03. The fraction of sp³-hybridized carbons (Fsp3) is 0.889. The molecule has 0 radical (unpaired) electrons. The summed E-state index contributed by atoms with van der Waals surface area (Å²) in [7, 11) is 0. The molecule has 12 heavy (non-hydrogen) atoms. The van der Waals surface area contributed by atoms with E-state index in [9.17, 15) is 4.79 Å². The van der Waals surface area contributed by atoms with Gasteiger partial charge in [-0.15, -0.1) is 0 Å². The van der Waals surface area contributed by atoms with Crippen LogP contribution in [0, 0.1) is 5.92 Å². The normalized spacial score (nSPS) is 15.6. The van der Waals surface area contributed by atoms with Crippen LogP contribution in [0.3, 0.4) is 0 Å². The first-order valence-electron chi connectivity index (χ1n) is 4.58. The summed E-state index contributed by atoms with van der Waals surface area (Å²) in [6.45, 7) is 4.02. The van der Waals surface area contributed by atoms with Crippen molar-refractivity contribution in [2.75, 3.05) is 0 Å². The lowest BCUT2D eigenvalue weighted by atomic mass is 9.96. The van der Waals surface area contributed by atoms with Crippen molar-refractivity contribution >= 4 is 5.97 Å². The van der Waals surface area contributed by atoms with Crippen molar-refractivity contribution in [2.45, 2.75) is 45.6 Å². The van der Waals surface area contributed by atoms with Crippen LogP contribution in [0.5, 0.6) is 0 Å². The lowest BCUT2D eigenvalue weighted by molar-refractivity contribution is -0.139. The highest BCUT2D eigenvalue weighted by Gasteiger charge is 2.18. The number of nitrogens with two attached hydrogens (primary N) is 1. The molecule has 0 amide bonds. The third kappa shape index (κ3) is 4.34. The van der Waals surface area contributed by atoms with Crippen molar-refractivity contribution in [1.82, 2.24) is 0 Å². The van der Waals surface area contributed by atoms with Crippen molar-refractivity contribution in [3.8, 4) is 0 Å². The Kier molecular flexibility index (Phi) is 5.72. The van der Waals surface area contributed by atoms with Gasteiger partial charge < -0.3 is 10.8 Å². The predicted molar refractivity (Wildman–Crippen MR) is 48.9 cm³/mol. The molecule has 72 valence electrons. The molecule has 2 atom stereocenters. The molecule has 3 N–H and O–H groups in total. The van der Waals surface area contributed by atoms with Gasteiger partial charge in [0.2, 0.25) is 0 Å². The largest absolute Gasteiger partial charge is 0.480 e. The lowest BCUT2D eigenvalue weighted by Crippen LogP contribution is -2.36. The highest BCUT2D eigenvalue weighted by atomic mass is 16.4. The molecule has 0 heterocycles. The number of unbranched alkanes of at least 4 members (excludes halogenated alkanes) is 2. The van der Waals surface area contributed by atoms with Crippen molar-refractivity contribution in [1.29, 1.82) is 0 Å². The first kappa shape index (κ1) is 11.4. The first-order chi connectivity index (χ1) is 5.59. The highest BCUT2D eigenvalue weighted by molar-refractivity contribution is 5.73. The van der Waals surface area contributed by atoms with E-state index in [1.54, 1.807) is 0 Å². The molecule has 0 spiro atoms. The van der Waals surface area contributed by atoms with Crippen LogP contribution in [0.2, 0.25) is 0 Å². The van der Waals surface area contributed by atoms with Gasteiger partial charge in [0.1, 0.15) is 6.04 Å². The number of rotatable bonds is 6. The molecule has 0 fully saturated rings. The van der Waals surface area contributed by atoms with E-state index in [4.69, 9.17) is 10.8 Å². The standard InChI is InChI=1S/C9H19NO2/c1-3-4-5-6-7(2)8(10)9(11)12/h7-8H,3-6,10H2,1-2H3,(H,11,12)/t7?,8-/m0/s1. The maximum atomic E-state index is 10.4. The minimum atomic E-state index is -0.890. The Morgan fingerprint density at radius 1 is 1.50 bits per heavy atom. The molecule has 1 unspecified atom stereocenters. The Balaban J connectivity index is 3.56. The SMILES string of the molecule is CCCCCC(C)[C@H](N)C(=O)O. The van der Waals surface area contributed by atoms with Gasteiger partial charge in [-0.2, -0.15) is 0 Å². The van der Waals surface area contributed by atoms with Crippen molar-refractivity contribution in [3.63, 3.8) is 0 Å². The van der Waals surface area contributed by atoms with Crippen molar-refractivity contribution in [2.24, 2.45) is 11.7 Å². The molecule has 0 saturated carbocycles. The summed E-state index contributed by atoms with van der Waals surface area (Å²) in [5, 5.41) is 8.58. The van der Waals surface area contributed by atoms with Crippen LogP contribution in [0.4, 0.5) is 0 Å². The Bertz CT molecular complexity index is 136. The molecule has 0 bridgehead atoms. The van der Waals surface area contributed by atoms with E-state index in [1.807, 2.05) is 6.92 Å². The van der Waals surface area contributed by atoms with E-state index in [2.05, 4.69) is 6.92 Å². The molecule has 0 rings (SSSR count). The van der Waals surface area contributed by atoms with Crippen LogP contribution < -0.4 is 5.73 Å². The molecule has 0 aliphatic carbocycles. The monoisotopic (exact) mass is 173 g/mol. The van der Waals surface area contributed by atoms with Gasteiger partial charge >= 0.3 is 5.97 Å². The van der Waals surface area contributed by atoms with Crippen LogP contribution in [-0.4, -0.2) is 17.1 Å². The van der Waals surface area contributed by atoms with E-state index in [0.717, 1.165) is 25.7 Å². The summed E-state index contributed by atoms with van der Waals surface area (Å²) in [4.78, 5) is 10.4. The molecule has 3 nitrogen and oxygen atoms in total. The van der Waals surface area contributed by atoms with E-state index < -0.39 is 12.0 Å². The summed E-state index contributed by atoms with van der Waals surface area (Å²) in [5.74, 6) is -0.798. The minimum absolute atomic E-state index is 0.0917. The maximum absolute atomic E-state index is 10.4. The zero-order valence-electron chi connectivity index (χ0n) is 7.92. The summed E-state index contributed by atoms with van der Waals surface area (Å²) < 4.78 is 0. The second-order valence-corrected chi connectivity index (χ2v) is 3.34. The van der Waals surface area contributed by atoms with Crippen molar-refractivity contribution < 1.29 is 9.90 Å². The molecular formula is C9H19NO2. The van der Waals surface area contributed by atoms with Crippen LogP contribution in [0.1, 0.15) is 39.5 Å². The molecule has 0 aliphatic rings. The first-order valence-corrected chi connectivity index (χ1v) is 4.58. The Hall–Kier alpha value is -0.570. The summed E-state index contributed by atoms with van der Waals surface area (Å²) in [6.07, 6.45) is 4.33. The second kappa shape index (κ2) is 6.00. The summed E-state index contributed by atoms with van der Waals surface area (Å²) >= 11 is 0. The van der Waals surface area contributed by atoms with Gasteiger partial charge in [0.15, 0.2) is 0 Å². The molecule has 0 aromatic rings. The fourth-order valence-corrected chi connectivity index (χ4v) is 1.14. The van der Waals surface area contributed by atoms with Gasteiger partial charge in [-0.1, -0.05) is 33.1 Å². The molecule has 0 saturated heterocycles. The van der Waals surface area contributed by atoms with Gasteiger partial charge in [-0.05, 0) is 12.3 Å². The summed E-state index contributed by atoms with van der Waals surface area (Å²) in [5.41, 5.74) is 5.44. The van der Waals surface area contributed by atoms with E-state index in [1.165, 1.54) is 0 Å². The van der Waals surface area contributed by atoms with E-state index in [0.29, 0.717) is 0 Å². The number of carboxylic acids is 1. The van der Waals surface area contributed by atoms with Crippen LogP contribution >= 0.6 is 0 Å². The fourth-order valence-electron chi connectivity index (χ4n) is 1.14. The smallest absolute Gasteiger partial charge is 0.320 e. The zero-order chi connectivity index (χ0) is 9.56. The number of aliphatic carboxylic acids is 1. The van der Waals surface area contributed by atoms with Gasteiger partial charge in [-0.3, -0.25) is 4.79 Å². The van der Waals surface area contributed by atoms with Gasteiger partial charge in [-0.25, -0.2) is 0 Å². The Morgan fingerprint density at radius 3 is 2.50 bits per heavy atom. The van der Waals surface area contributed by atoms with Crippen LogP contribution in [0.25, 0.3) is 0 Å². The molecule has 0 aromatic carbocycles. The van der Waals surface area contributed by atoms with Crippen LogP contribution in [0.15, 0.2) is 0 Å². The van der Waals surface area contributed by atoms with E-state index in [-0.39, 0.29) is 5.92 Å². The average molecular weight is 173 g/mol. The number of hydrogen-bond acceptors (Lipinski definition) is 2. The number of carboxylic acid groups (broad SMARTS) is 1. The third-order valence-corrected chi connectivity index (χ3v) is 2.16. The Morgan fingerprint density at radius 2 is 2.08 bits per heavy atom. The third-order valence-electron chi connectivity index (χ3n) is 2.16. The molecule has 0 aliphatic heterocycles. The Labute approximate surface area is 74.0 Å². The van der Waals surface area contributed by atoms with Gasteiger partial charge in [0, 0.05) is 0 Å².